The Morgan fingerprint density at radius 2 is 1.96 bits per heavy atom. The molecule has 0 fully saturated rings. The molecule has 0 aliphatic rings. The van der Waals surface area contributed by atoms with E-state index in [1.54, 1.807) is 42.8 Å². The summed E-state index contributed by atoms with van der Waals surface area (Å²) in [6.07, 6.45) is 3.43. The molecule has 0 atom stereocenters. The topological polar surface area (TPSA) is 65.1 Å². The predicted octanol–water partition coefficient (Wildman–Crippen LogP) is 2.91. The van der Waals surface area contributed by atoms with Crippen LogP contribution in [0.25, 0.3) is 22.4 Å². The van der Waals surface area contributed by atoms with Gasteiger partial charge in [-0.1, -0.05) is 17.8 Å². The van der Waals surface area contributed by atoms with Crippen molar-refractivity contribution in [1.29, 1.82) is 0 Å². The van der Waals surface area contributed by atoms with Crippen LogP contribution >= 0.6 is 11.8 Å². The first-order chi connectivity index (χ1) is 12.0. The van der Waals surface area contributed by atoms with Crippen LogP contribution in [0.3, 0.4) is 0 Å². The van der Waals surface area contributed by atoms with Crippen molar-refractivity contribution in [3.8, 4) is 5.69 Å². The molecule has 4 aromatic rings. The van der Waals surface area contributed by atoms with Crippen LogP contribution in [0.2, 0.25) is 0 Å². The zero-order valence-corrected chi connectivity index (χ0v) is 14.6. The Hall–Kier alpha value is -2.74. The number of rotatable bonds is 2. The Morgan fingerprint density at radius 3 is 2.68 bits per heavy atom. The van der Waals surface area contributed by atoms with Crippen molar-refractivity contribution in [2.75, 3.05) is 6.26 Å². The number of thioether (sulfide) groups is 1. The van der Waals surface area contributed by atoms with Crippen LogP contribution in [0, 0.1) is 19.7 Å². The molecule has 0 unspecified atom stereocenters. The smallest absolute Gasteiger partial charge is 0.266 e. The highest BCUT2D eigenvalue weighted by atomic mass is 32.2. The van der Waals surface area contributed by atoms with E-state index in [9.17, 15) is 9.18 Å². The Labute approximate surface area is 146 Å². The first kappa shape index (κ1) is 15.8. The van der Waals surface area contributed by atoms with Crippen molar-refractivity contribution in [3.63, 3.8) is 0 Å². The molecule has 0 aliphatic heterocycles. The number of nitrogens with zero attached hydrogens (tertiary/aromatic N) is 5. The fourth-order valence-electron chi connectivity index (χ4n) is 2.85. The van der Waals surface area contributed by atoms with Gasteiger partial charge in [-0.2, -0.15) is 9.50 Å². The molecular formula is C17H14FN5OS. The van der Waals surface area contributed by atoms with E-state index in [0.29, 0.717) is 27.5 Å². The monoisotopic (exact) mass is 355 g/mol. The number of aryl methyl sites for hydroxylation is 2. The molecule has 0 amide bonds. The fraction of sp³-hybridized carbons (Fsp3) is 0.176. The van der Waals surface area contributed by atoms with Crippen LogP contribution in [0.1, 0.15) is 11.3 Å². The van der Waals surface area contributed by atoms with Gasteiger partial charge in [-0.15, -0.1) is 5.10 Å². The molecule has 0 N–H and O–H groups in total. The zero-order chi connectivity index (χ0) is 17.7. The first-order valence-corrected chi connectivity index (χ1v) is 8.81. The summed E-state index contributed by atoms with van der Waals surface area (Å²) in [6, 6.07) is 6.50. The van der Waals surface area contributed by atoms with Gasteiger partial charge in [0.25, 0.3) is 11.3 Å². The van der Waals surface area contributed by atoms with Crippen molar-refractivity contribution in [3.05, 3.63) is 57.9 Å². The van der Waals surface area contributed by atoms with Crippen molar-refractivity contribution in [2.45, 2.75) is 19.0 Å². The van der Waals surface area contributed by atoms with E-state index in [4.69, 9.17) is 0 Å². The Morgan fingerprint density at radius 1 is 1.16 bits per heavy atom. The van der Waals surface area contributed by atoms with Crippen LogP contribution < -0.4 is 5.56 Å². The molecule has 0 saturated carbocycles. The summed E-state index contributed by atoms with van der Waals surface area (Å²) in [5.74, 6) is -0.00779. The SMILES string of the molecule is CSc1nc2nc(C)c3c(=O)n(-c4ccc(C)cc4F)ccc3n2n1. The third kappa shape index (κ3) is 2.41. The third-order valence-electron chi connectivity index (χ3n) is 4.04. The summed E-state index contributed by atoms with van der Waals surface area (Å²) >= 11 is 1.40. The number of benzene rings is 1. The summed E-state index contributed by atoms with van der Waals surface area (Å²) in [5.41, 5.74) is 1.80. The van der Waals surface area contributed by atoms with Gasteiger partial charge in [0.1, 0.15) is 5.82 Å². The predicted molar refractivity (Wildman–Crippen MR) is 95.1 cm³/mol. The van der Waals surface area contributed by atoms with Gasteiger partial charge < -0.3 is 0 Å². The Kier molecular flexibility index (Phi) is 3.57. The second-order valence-electron chi connectivity index (χ2n) is 5.71. The molecule has 3 aromatic heterocycles. The summed E-state index contributed by atoms with van der Waals surface area (Å²) in [5, 5.41) is 5.33. The number of halogens is 1. The molecule has 0 aliphatic carbocycles. The van der Waals surface area contributed by atoms with E-state index < -0.39 is 5.82 Å². The van der Waals surface area contributed by atoms with Crippen LogP contribution in [-0.2, 0) is 0 Å². The van der Waals surface area contributed by atoms with Crippen LogP contribution in [-0.4, -0.2) is 30.4 Å². The number of hydrogen-bond donors (Lipinski definition) is 0. The van der Waals surface area contributed by atoms with Gasteiger partial charge in [-0.3, -0.25) is 9.36 Å². The number of pyridine rings is 1. The maximum absolute atomic E-state index is 14.3. The van der Waals surface area contributed by atoms with Gasteiger partial charge in [0.15, 0.2) is 0 Å². The molecule has 3 heterocycles. The van der Waals surface area contributed by atoms with E-state index >= 15 is 0 Å². The standard InChI is InChI=1S/C17H14FN5OS/c1-9-4-5-12(11(18)8-9)22-7-6-13-14(15(22)24)10(2)19-16-20-17(25-3)21-23(13)16/h4-8H,1-3H3. The Balaban J connectivity index is 2.07. The van der Waals surface area contributed by atoms with E-state index in [1.165, 1.54) is 22.4 Å². The number of aromatic nitrogens is 5. The maximum atomic E-state index is 14.3. The highest BCUT2D eigenvalue weighted by Crippen LogP contribution is 2.19. The van der Waals surface area contributed by atoms with Gasteiger partial charge >= 0.3 is 0 Å². The minimum Gasteiger partial charge on any atom is -0.281 e. The van der Waals surface area contributed by atoms with Crippen LogP contribution in [0.5, 0.6) is 0 Å². The molecule has 0 spiro atoms. The van der Waals surface area contributed by atoms with Gasteiger partial charge in [0, 0.05) is 6.20 Å². The minimum atomic E-state index is -0.446. The van der Waals surface area contributed by atoms with E-state index in [2.05, 4.69) is 15.1 Å². The number of fused-ring (bicyclic) bond motifs is 3. The van der Waals surface area contributed by atoms with Gasteiger partial charge in [0.2, 0.25) is 5.16 Å². The van der Waals surface area contributed by atoms with Gasteiger partial charge in [0.05, 0.1) is 22.3 Å². The van der Waals surface area contributed by atoms with Gasteiger partial charge in [-0.25, -0.2) is 9.37 Å². The quantitative estimate of drug-likeness (QED) is 0.517. The van der Waals surface area contributed by atoms with E-state index in [0.717, 1.165) is 5.56 Å². The summed E-state index contributed by atoms with van der Waals surface area (Å²) in [4.78, 5) is 21.7. The van der Waals surface area contributed by atoms with E-state index in [1.807, 2.05) is 6.26 Å². The lowest BCUT2D eigenvalue weighted by Crippen LogP contribution is -2.21. The molecule has 126 valence electrons. The minimum absolute atomic E-state index is 0.209. The lowest BCUT2D eigenvalue weighted by Gasteiger charge is -2.10. The maximum Gasteiger partial charge on any atom is 0.266 e. The summed E-state index contributed by atoms with van der Waals surface area (Å²) in [6.45, 7) is 3.54. The van der Waals surface area contributed by atoms with Crippen molar-refractivity contribution < 1.29 is 4.39 Å². The average molecular weight is 355 g/mol. The molecule has 0 radical (unpaired) electrons. The van der Waals surface area contributed by atoms with Crippen molar-refractivity contribution in [1.82, 2.24) is 24.1 Å². The first-order valence-electron chi connectivity index (χ1n) is 7.59. The van der Waals surface area contributed by atoms with Crippen LogP contribution in [0.15, 0.2) is 40.4 Å². The molecule has 0 bridgehead atoms. The third-order valence-corrected chi connectivity index (χ3v) is 4.58. The zero-order valence-electron chi connectivity index (χ0n) is 13.8. The fourth-order valence-corrected chi connectivity index (χ4v) is 3.19. The molecule has 0 saturated heterocycles. The highest BCUT2D eigenvalue weighted by molar-refractivity contribution is 7.98. The number of hydrogen-bond acceptors (Lipinski definition) is 5. The largest absolute Gasteiger partial charge is 0.281 e. The molecule has 6 nitrogen and oxygen atoms in total. The van der Waals surface area contributed by atoms with Crippen LogP contribution in [0.4, 0.5) is 4.39 Å². The molecular weight excluding hydrogens is 341 g/mol. The highest BCUT2D eigenvalue weighted by Gasteiger charge is 2.16. The normalized spacial score (nSPS) is 11.5. The molecule has 8 heteroatoms. The summed E-state index contributed by atoms with van der Waals surface area (Å²) < 4.78 is 17.2. The van der Waals surface area contributed by atoms with Crippen molar-refractivity contribution >= 4 is 28.4 Å². The van der Waals surface area contributed by atoms with Crippen molar-refractivity contribution in [2.24, 2.45) is 0 Å². The lowest BCUT2D eigenvalue weighted by molar-refractivity contribution is 0.615. The second-order valence-corrected chi connectivity index (χ2v) is 6.49. The lowest BCUT2D eigenvalue weighted by atomic mass is 10.2. The molecule has 25 heavy (non-hydrogen) atoms. The van der Waals surface area contributed by atoms with E-state index in [-0.39, 0.29) is 11.2 Å². The Bertz CT molecular complexity index is 1200. The average Bonchev–Trinajstić information content (AvgIpc) is 2.99. The van der Waals surface area contributed by atoms with Gasteiger partial charge in [-0.05, 0) is 43.9 Å². The second kappa shape index (κ2) is 5.66. The molecule has 4 rings (SSSR count). The molecule has 1 aromatic carbocycles. The summed E-state index contributed by atoms with van der Waals surface area (Å²) in [7, 11) is 0.